The normalized spacial score (nSPS) is 20.6. The molecule has 0 aliphatic heterocycles. The van der Waals surface area contributed by atoms with Crippen LogP contribution in [0.1, 0.15) is 25.3 Å². The topological polar surface area (TPSA) is 20.2 Å². The molecular weight excluding hydrogens is 219 g/mol. The first-order valence-corrected chi connectivity index (χ1v) is 5.46. The van der Waals surface area contributed by atoms with Crippen molar-refractivity contribution >= 4 is 23.2 Å². The van der Waals surface area contributed by atoms with Crippen molar-refractivity contribution in [1.82, 2.24) is 0 Å². The van der Waals surface area contributed by atoms with E-state index in [0.717, 1.165) is 18.4 Å². The van der Waals surface area contributed by atoms with Crippen LogP contribution in [0.25, 0.3) is 0 Å². The average molecular weight is 231 g/mol. The number of aliphatic hydroxyl groups excluding tert-OH is 1. The predicted molar refractivity (Wildman–Crippen MR) is 59.1 cm³/mol. The summed E-state index contributed by atoms with van der Waals surface area (Å²) in [6, 6.07) is 5.47. The Balaban J connectivity index is 2.51. The minimum Gasteiger partial charge on any atom is -0.392 e. The van der Waals surface area contributed by atoms with Crippen molar-refractivity contribution in [3.8, 4) is 0 Å². The molecule has 1 N–H and O–H groups in total. The van der Waals surface area contributed by atoms with Gasteiger partial charge in [-0.3, -0.25) is 0 Å². The van der Waals surface area contributed by atoms with Crippen molar-refractivity contribution in [2.45, 2.75) is 31.3 Å². The van der Waals surface area contributed by atoms with E-state index in [1.807, 2.05) is 18.2 Å². The summed E-state index contributed by atoms with van der Waals surface area (Å²) in [6.07, 6.45) is 1.54. The highest BCUT2D eigenvalue weighted by atomic mass is 35.5. The van der Waals surface area contributed by atoms with Crippen molar-refractivity contribution < 1.29 is 5.11 Å². The molecule has 0 heterocycles. The van der Waals surface area contributed by atoms with Crippen molar-refractivity contribution in [2.75, 3.05) is 0 Å². The van der Waals surface area contributed by atoms with Gasteiger partial charge in [0, 0.05) is 15.5 Å². The van der Waals surface area contributed by atoms with Crippen LogP contribution in [0.5, 0.6) is 0 Å². The van der Waals surface area contributed by atoms with Crippen LogP contribution in [-0.4, -0.2) is 11.2 Å². The van der Waals surface area contributed by atoms with E-state index in [1.54, 1.807) is 6.92 Å². The summed E-state index contributed by atoms with van der Waals surface area (Å²) in [7, 11) is 0. The maximum Gasteiger partial charge on any atom is 0.0609 e. The third-order valence-corrected chi connectivity index (χ3v) is 3.68. The molecule has 1 fully saturated rings. The van der Waals surface area contributed by atoms with Gasteiger partial charge in [0.15, 0.2) is 0 Å². The summed E-state index contributed by atoms with van der Waals surface area (Å²) in [6.45, 7) is 1.80. The minimum absolute atomic E-state index is 0.185. The molecule has 1 aromatic rings. The summed E-state index contributed by atoms with van der Waals surface area (Å²) in [5, 5.41) is 11.1. The molecule has 1 aliphatic rings. The van der Waals surface area contributed by atoms with Crippen LogP contribution in [0.3, 0.4) is 0 Å². The van der Waals surface area contributed by atoms with E-state index in [2.05, 4.69) is 0 Å². The maximum atomic E-state index is 9.73. The Kier molecular flexibility index (Phi) is 2.50. The zero-order valence-electron chi connectivity index (χ0n) is 7.93. The van der Waals surface area contributed by atoms with Gasteiger partial charge in [-0.05, 0) is 37.5 Å². The second kappa shape index (κ2) is 3.41. The Morgan fingerprint density at radius 1 is 1.29 bits per heavy atom. The molecule has 76 valence electrons. The summed E-state index contributed by atoms with van der Waals surface area (Å²) >= 11 is 12.2. The van der Waals surface area contributed by atoms with Crippen LogP contribution < -0.4 is 0 Å². The molecule has 0 radical (unpaired) electrons. The maximum absolute atomic E-state index is 9.73. The van der Waals surface area contributed by atoms with Gasteiger partial charge in [0.05, 0.1) is 6.10 Å². The SMILES string of the molecule is CC(O)C1(c2c(Cl)cccc2Cl)CC1. The van der Waals surface area contributed by atoms with E-state index >= 15 is 0 Å². The standard InChI is InChI=1S/C11H12Cl2O/c1-7(14)11(5-6-11)10-8(12)3-2-4-9(10)13/h2-4,7,14H,5-6H2,1H3. The van der Waals surface area contributed by atoms with E-state index in [9.17, 15) is 5.11 Å². The average Bonchev–Trinajstić information content (AvgIpc) is 2.85. The minimum atomic E-state index is -0.389. The molecule has 1 aromatic carbocycles. The highest BCUT2D eigenvalue weighted by Crippen LogP contribution is 2.54. The number of benzene rings is 1. The fraction of sp³-hybridized carbons (Fsp3) is 0.455. The number of aliphatic hydroxyl groups is 1. The zero-order chi connectivity index (χ0) is 10.3. The monoisotopic (exact) mass is 230 g/mol. The fourth-order valence-electron chi connectivity index (χ4n) is 1.98. The summed E-state index contributed by atoms with van der Waals surface area (Å²) in [5.74, 6) is 0. The van der Waals surface area contributed by atoms with Crippen LogP contribution in [0.4, 0.5) is 0 Å². The summed E-state index contributed by atoms with van der Waals surface area (Å²) in [4.78, 5) is 0. The second-order valence-electron chi connectivity index (χ2n) is 3.93. The van der Waals surface area contributed by atoms with Crippen LogP contribution in [0.2, 0.25) is 10.0 Å². The molecule has 1 aliphatic carbocycles. The third kappa shape index (κ3) is 1.44. The van der Waals surface area contributed by atoms with Crippen molar-refractivity contribution in [2.24, 2.45) is 0 Å². The molecule has 2 rings (SSSR count). The molecule has 1 saturated carbocycles. The highest BCUT2D eigenvalue weighted by Gasteiger charge is 2.50. The molecule has 1 atom stereocenters. The van der Waals surface area contributed by atoms with Crippen LogP contribution in [0.15, 0.2) is 18.2 Å². The molecule has 0 saturated heterocycles. The molecule has 3 heteroatoms. The molecule has 14 heavy (non-hydrogen) atoms. The van der Waals surface area contributed by atoms with Gasteiger partial charge in [-0.2, -0.15) is 0 Å². The lowest BCUT2D eigenvalue weighted by atomic mass is 9.91. The number of rotatable bonds is 2. The summed E-state index contributed by atoms with van der Waals surface area (Å²) in [5.41, 5.74) is 0.730. The van der Waals surface area contributed by atoms with Crippen molar-refractivity contribution in [3.63, 3.8) is 0 Å². The Bertz CT molecular complexity index is 336. The van der Waals surface area contributed by atoms with Crippen LogP contribution >= 0.6 is 23.2 Å². The van der Waals surface area contributed by atoms with E-state index in [-0.39, 0.29) is 11.5 Å². The van der Waals surface area contributed by atoms with Gasteiger partial charge in [0.25, 0.3) is 0 Å². The quantitative estimate of drug-likeness (QED) is 0.826. The third-order valence-electron chi connectivity index (χ3n) is 3.05. The Hall–Kier alpha value is -0.240. The van der Waals surface area contributed by atoms with Gasteiger partial charge >= 0.3 is 0 Å². The second-order valence-corrected chi connectivity index (χ2v) is 4.74. The molecule has 0 bridgehead atoms. The van der Waals surface area contributed by atoms with Gasteiger partial charge < -0.3 is 5.11 Å². The Morgan fingerprint density at radius 3 is 2.14 bits per heavy atom. The number of hydrogen-bond acceptors (Lipinski definition) is 1. The van der Waals surface area contributed by atoms with Gasteiger partial charge in [0.1, 0.15) is 0 Å². The molecule has 0 spiro atoms. The van der Waals surface area contributed by atoms with E-state index < -0.39 is 0 Å². The fourth-order valence-corrected chi connectivity index (χ4v) is 2.76. The van der Waals surface area contributed by atoms with Gasteiger partial charge in [-0.15, -0.1) is 0 Å². The first-order valence-electron chi connectivity index (χ1n) is 4.70. The van der Waals surface area contributed by atoms with E-state index in [0.29, 0.717) is 10.0 Å². The predicted octanol–water partition coefficient (Wildman–Crippen LogP) is 3.41. The van der Waals surface area contributed by atoms with Gasteiger partial charge in [0.2, 0.25) is 0 Å². The number of hydrogen-bond donors (Lipinski definition) is 1. The summed E-state index contributed by atoms with van der Waals surface area (Å²) < 4.78 is 0. The lowest BCUT2D eigenvalue weighted by molar-refractivity contribution is 0.151. The van der Waals surface area contributed by atoms with Gasteiger partial charge in [-0.25, -0.2) is 0 Å². The largest absolute Gasteiger partial charge is 0.392 e. The Labute approximate surface area is 93.7 Å². The molecule has 0 aromatic heterocycles. The molecule has 1 nitrogen and oxygen atoms in total. The lowest BCUT2D eigenvalue weighted by Gasteiger charge is -2.21. The highest BCUT2D eigenvalue weighted by molar-refractivity contribution is 6.36. The smallest absolute Gasteiger partial charge is 0.0609 e. The molecule has 0 amide bonds. The number of halogens is 2. The van der Waals surface area contributed by atoms with Crippen LogP contribution in [-0.2, 0) is 5.41 Å². The first-order chi connectivity index (χ1) is 6.58. The Morgan fingerprint density at radius 2 is 1.79 bits per heavy atom. The van der Waals surface area contributed by atoms with Crippen molar-refractivity contribution in [1.29, 1.82) is 0 Å². The van der Waals surface area contributed by atoms with E-state index in [1.165, 1.54) is 0 Å². The molecule has 1 unspecified atom stereocenters. The van der Waals surface area contributed by atoms with Crippen LogP contribution in [0, 0.1) is 0 Å². The zero-order valence-corrected chi connectivity index (χ0v) is 9.44. The van der Waals surface area contributed by atoms with E-state index in [4.69, 9.17) is 23.2 Å². The molecular formula is C11H12Cl2O. The van der Waals surface area contributed by atoms with Crippen molar-refractivity contribution in [3.05, 3.63) is 33.8 Å². The lowest BCUT2D eigenvalue weighted by Crippen LogP contribution is -2.23. The first kappa shape index (κ1) is 10.3. The van der Waals surface area contributed by atoms with Gasteiger partial charge in [-0.1, -0.05) is 29.3 Å².